The number of nitrogens with zero attached hydrogens (tertiary/aromatic N) is 4. The highest BCUT2D eigenvalue weighted by atomic mass is 35.5. The zero-order valence-corrected chi connectivity index (χ0v) is 16.7. The molecule has 5 nitrogen and oxygen atoms in total. The maximum Gasteiger partial charge on any atom is 0.322 e. The molecule has 1 aromatic heterocycles. The van der Waals surface area contributed by atoms with E-state index in [1.807, 2.05) is 46.3 Å². The van der Waals surface area contributed by atoms with Crippen molar-refractivity contribution in [2.75, 3.05) is 13.1 Å². The van der Waals surface area contributed by atoms with Gasteiger partial charge in [-0.3, -0.25) is 9.88 Å². The van der Waals surface area contributed by atoms with E-state index >= 15 is 0 Å². The van der Waals surface area contributed by atoms with Crippen LogP contribution in [0.25, 0.3) is 0 Å². The summed E-state index contributed by atoms with van der Waals surface area (Å²) in [6.07, 6.45) is 3.66. The fourth-order valence-corrected chi connectivity index (χ4v) is 4.68. The quantitative estimate of drug-likeness (QED) is 0.747. The zero-order valence-electron chi connectivity index (χ0n) is 15.1. The highest BCUT2D eigenvalue weighted by molar-refractivity contribution is 8.02. The molecule has 2 aromatic rings. The summed E-state index contributed by atoms with van der Waals surface area (Å²) in [6, 6.07) is 11.8. The molecule has 1 saturated heterocycles. The van der Waals surface area contributed by atoms with Crippen molar-refractivity contribution in [2.45, 2.75) is 25.5 Å². The van der Waals surface area contributed by atoms with Crippen LogP contribution < -0.4 is 0 Å². The van der Waals surface area contributed by atoms with Crippen LogP contribution in [0.3, 0.4) is 0 Å². The van der Waals surface area contributed by atoms with Crippen molar-refractivity contribution in [3.63, 3.8) is 0 Å². The Kier molecular flexibility index (Phi) is 5.27. The summed E-state index contributed by atoms with van der Waals surface area (Å²) in [4.78, 5) is 23.4. The Labute approximate surface area is 168 Å². The van der Waals surface area contributed by atoms with Gasteiger partial charge in [-0.25, -0.2) is 4.79 Å². The van der Waals surface area contributed by atoms with Gasteiger partial charge >= 0.3 is 6.03 Å². The molecule has 3 heterocycles. The van der Waals surface area contributed by atoms with E-state index in [4.69, 9.17) is 11.6 Å². The second kappa shape index (κ2) is 7.82. The van der Waals surface area contributed by atoms with E-state index in [0.29, 0.717) is 11.6 Å². The third-order valence-electron chi connectivity index (χ3n) is 4.84. The maximum absolute atomic E-state index is 13.0. The van der Waals surface area contributed by atoms with E-state index < -0.39 is 0 Å². The zero-order chi connectivity index (χ0) is 18.8. The van der Waals surface area contributed by atoms with Crippen LogP contribution in [0, 0.1) is 0 Å². The van der Waals surface area contributed by atoms with Crippen molar-refractivity contribution in [1.82, 2.24) is 19.7 Å². The van der Waals surface area contributed by atoms with Gasteiger partial charge in [-0.1, -0.05) is 41.6 Å². The second-order valence-corrected chi connectivity index (χ2v) is 8.10. The number of halogens is 1. The molecular weight excluding hydrogens is 380 g/mol. The lowest BCUT2D eigenvalue weighted by molar-refractivity contribution is 0.149. The van der Waals surface area contributed by atoms with Gasteiger partial charge in [0.1, 0.15) is 0 Å². The number of urea groups is 1. The van der Waals surface area contributed by atoms with Gasteiger partial charge in [-0.05, 0) is 41.7 Å². The summed E-state index contributed by atoms with van der Waals surface area (Å²) in [6.45, 7) is 4.91. The van der Waals surface area contributed by atoms with E-state index in [0.717, 1.165) is 30.8 Å². The Hall–Kier alpha value is -2.18. The Balaban J connectivity index is 1.45. The maximum atomic E-state index is 13.0. The molecule has 2 amide bonds. The van der Waals surface area contributed by atoms with Crippen LogP contribution in [-0.4, -0.2) is 44.3 Å². The van der Waals surface area contributed by atoms with Crippen LogP contribution in [0.1, 0.15) is 18.1 Å². The number of hydrogen-bond acceptors (Lipinski definition) is 4. The molecule has 7 heteroatoms. The van der Waals surface area contributed by atoms with Gasteiger partial charge < -0.3 is 9.80 Å². The average Bonchev–Trinajstić information content (AvgIpc) is 3.21. The summed E-state index contributed by atoms with van der Waals surface area (Å²) in [5.74, 6) is 0. The summed E-state index contributed by atoms with van der Waals surface area (Å²) in [7, 11) is 0. The summed E-state index contributed by atoms with van der Waals surface area (Å²) >= 11 is 7.65. The molecule has 0 saturated carbocycles. The first-order chi connectivity index (χ1) is 13.1. The van der Waals surface area contributed by atoms with Crippen molar-refractivity contribution in [1.29, 1.82) is 0 Å². The van der Waals surface area contributed by atoms with Crippen LogP contribution in [0.15, 0.2) is 59.9 Å². The summed E-state index contributed by atoms with van der Waals surface area (Å²) in [5, 5.41) is 2.85. The number of benzene rings is 1. The van der Waals surface area contributed by atoms with E-state index in [1.54, 1.807) is 18.0 Å². The third kappa shape index (κ3) is 3.92. The van der Waals surface area contributed by atoms with Crippen LogP contribution in [0.4, 0.5) is 4.79 Å². The molecule has 0 radical (unpaired) electrons. The monoisotopic (exact) mass is 400 g/mol. The number of hydrogen-bond donors (Lipinski definition) is 0. The SMILES string of the molecule is CC1=CSC(N2CCN(Cc3ccc(Cl)cc3)C2=O)N1Cc1cccnc1. The smallest absolute Gasteiger partial charge is 0.322 e. The normalized spacial score (nSPS) is 19.8. The van der Waals surface area contributed by atoms with Crippen molar-refractivity contribution >= 4 is 29.4 Å². The van der Waals surface area contributed by atoms with Gasteiger partial charge in [0.2, 0.25) is 0 Å². The number of aromatic nitrogens is 1. The number of thioether (sulfide) groups is 1. The average molecular weight is 401 g/mol. The molecule has 1 aromatic carbocycles. The van der Waals surface area contributed by atoms with Gasteiger partial charge in [-0.2, -0.15) is 0 Å². The number of carbonyl (C=O) groups excluding carboxylic acids is 1. The number of pyridine rings is 1. The number of amides is 2. The highest BCUT2D eigenvalue weighted by Gasteiger charge is 2.39. The molecule has 27 heavy (non-hydrogen) atoms. The van der Waals surface area contributed by atoms with Gasteiger partial charge in [0.25, 0.3) is 0 Å². The molecule has 0 spiro atoms. The molecule has 1 fully saturated rings. The largest absolute Gasteiger partial charge is 0.341 e. The van der Waals surface area contributed by atoms with Crippen LogP contribution in [-0.2, 0) is 13.1 Å². The first-order valence-electron chi connectivity index (χ1n) is 8.89. The minimum Gasteiger partial charge on any atom is -0.341 e. The van der Waals surface area contributed by atoms with Crippen molar-refractivity contribution < 1.29 is 4.79 Å². The molecule has 0 N–H and O–H groups in total. The molecule has 140 valence electrons. The van der Waals surface area contributed by atoms with Crippen molar-refractivity contribution in [3.8, 4) is 0 Å². The van der Waals surface area contributed by atoms with Gasteiger partial charge in [-0.15, -0.1) is 0 Å². The Bertz CT molecular complexity index is 843. The molecule has 1 unspecified atom stereocenters. The first kappa shape index (κ1) is 18.2. The van der Waals surface area contributed by atoms with Gasteiger partial charge in [0.05, 0.1) is 0 Å². The van der Waals surface area contributed by atoms with Crippen LogP contribution >= 0.6 is 23.4 Å². The number of rotatable bonds is 5. The predicted octanol–water partition coefficient (Wildman–Crippen LogP) is 4.37. The fourth-order valence-electron chi connectivity index (χ4n) is 3.37. The fraction of sp³-hybridized carbons (Fsp3) is 0.300. The molecular formula is C20H21ClN4OS. The molecule has 2 aliphatic heterocycles. The van der Waals surface area contributed by atoms with Crippen molar-refractivity contribution in [3.05, 3.63) is 76.0 Å². The minimum absolute atomic E-state index is 0.00655. The standard InChI is InChI=1S/C20H21ClN4OS/c1-15-14-27-20(25(15)13-17-3-2-8-22-11-17)24-10-9-23(19(24)26)12-16-4-6-18(21)7-5-16/h2-8,11,14,20H,9-10,12-13H2,1H3. The number of carbonyl (C=O) groups is 1. The van der Waals surface area contributed by atoms with E-state index in [9.17, 15) is 4.79 Å². The highest BCUT2D eigenvalue weighted by Crippen LogP contribution is 2.36. The molecule has 1 atom stereocenters. The minimum atomic E-state index is -0.00655. The molecule has 4 rings (SSSR count). The van der Waals surface area contributed by atoms with Gasteiger partial charge in [0, 0.05) is 49.3 Å². The van der Waals surface area contributed by atoms with Crippen LogP contribution in [0.2, 0.25) is 5.02 Å². The summed E-state index contributed by atoms with van der Waals surface area (Å²) in [5.41, 5.74) is 3.41. The number of allylic oxidation sites excluding steroid dienone is 1. The second-order valence-electron chi connectivity index (χ2n) is 6.73. The Morgan fingerprint density at radius 1 is 1.15 bits per heavy atom. The Morgan fingerprint density at radius 3 is 2.70 bits per heavy atom. The lowest BCUT2D eigenvalue weighted by atomic mass is 10.2. The van der Waals surface area contributed by atoms with E-state index in [2.05, 4.69) is 28.3 Å². The van der Waals surface area contributed by atoms with Gasteiger partial charge in [0.15, 0.2) is 5.50 Å². The molecule has 0 aliphatic carbocycles. The lowest BCUT2D eigenvalue weighted by Gasteiger charge is -2.34. The summed E-state index contributed by atoms with van der Waals surface area (Å²) < 4.78 is 0. The Morgan fingerprint density at radius 2 is 1.96 bits per heavy atom. The molecule has 2 aliphatic rings. The topological polar surface area (TPSA) is 39.7 Å². The first-order valence-corrected chi connectivity index (χ1v) is 10.2. The molecule has 0 bridgehead atoms. The van der Waals surface area contributed by atoms with E-state index in [1.165, 1.54) is 5.70 Å². The predicted molar refractivity (Wildman–Crippen MR) is 109 cm³/mol. The van der Waals surface area contributed by atoms with Crippen LogP contribution in [0.5, 0.6) is 0 Å². The van der Waals surface area contributed by atoms with E-state index in [-0.39, 0.29) is 11.5 Å². The third-order valence-corrected chi connectivity index (χ3v) is 6.32. The van der Waals surface area contributed by atoms with Crippen molar-refractivity contribution in [2.24, 2.45) is 0 Å². The lowest BCUT2D eigenvalue weighted by Crippen LogP contribution is -2.45.